The van der Waals surface area contributed by atoms with Crippen LogP contribution in [0.1, 0.15) is 24.5 Å². The van der Waals surface area contributed by atoms with Crippen molar-refractivity contribution in [1.29, 1.82) is 0 Å². The second-order valence-corrected chi connectivity index (χ2v) is 5.82. The molecule has 0 saturated heterocycles. The lowest BCUT2D eigenvalue weighted by Gasteiger charge is -2.17. The third kappa shape index (κ3) is 5.67. The van der Waals surface area contributed by atoms with Gasteiger partial charge in [0.05, 0.1) is 5.56 Å². The molecule has 0 saturated carbocycles. The molecule has 7 heteroatoms. The summed E-state index contributed by atoms with van der Waals surface area (Å²) in [4.78, 5) is 12.2. The number of hydrogen-bond donors (Lipinski definition) is 1. The number of ether oxygens (including phenoxy) is 1. The highest BCUT2D eigenvalue weighted by Crippen LogP contribution is 2.29. The van der Waals surface area contributed by atoms with Crippen molar-refractivity contribution in [3.05, 3.63) is 64.7 Å². The molecule has 0 aromatic heterocycles. The van der Waals surface area contributed by atoms with Crippen molar-refractivity contribution >= 4 is 17.5 Å². The first-order chi connectivity index (χ1) is 11.8. The number of rotatable bonds is 6. The van der Waals surface area contributed by atoms with Gasteiger partial charge in [-0.15, -0.1) is 0 Å². The molecule has 134 valence electrons. The summed E-state index contributed by atoms with van der Waals surface area (Å²) in [6.45, 7) is 1.76. The van der Waals surface area contributed by atoms with Gasteiger partial charge in [0.15, 0.2) is 6.10 Å². The zero-order valence-electron chi connectivity index (χ0n) is 13.4. The van der Waals surface area contributed by atoms with Gasteiger partial charge in [-0.25, -0.2) is 0 Å². The average Bonchev–Trinajstić information content (AvgIpc) is 2.57. The van der Waals surface area contributed by atoms with Crippen molar-refractivity contribution in [2.45, 2.75) is 32.2 Å². The first kappa shape index (κ1) is 19.1. The number of hydrogen-bond acceptors (Lipinski definition) is 2. The summed E-state index contributed by atoms with van der Waals surface area (Å²) in [6, 6.07) is 11.5. The number of amides is 1. The number of carbonyl (C=O) groups excluding carboxylic acids is 1. The van der Waals surface area contributed by atoms with E-state index in [0.29, 0.717) is 22.8 Å². The molecule has 3 nitrogen and oxygen atoms in total. The Bertz CT molecular complexity index is 734. The lowest BCUT2D eigenvalue weighted by Crippen LogP contribution is -2.37. The number of halogens is 4. The minimum Gasteiger partial charge on any atom is -0.481 e. The molecule has 0 aliphatic heterocycles. The van der Waals surface area contributed by atoms with Crippen LogP contribution in [0.15, 0.2) is 48.5 Å². The molecule has 2 aromatic rings. The van der Waals surface area contributed by atoms with Crippen molar-refractivity contribution in [3.63, 3.8) is 0 Å². The van der Waals surface area contributed by atoms with Crippen LogP contribution in [-0.2, 0) is 17.5 Å². The second-order valence-electron chi connectivity index (χ2n) is 5.39. The summed E-state index contributed by atoms with van der Waals surface area (Å²) in [6.07, 6.45) is -4.77. The molecule has 1 amide bonds. The average molecular weight is 372 g/mol. The molecule has 25 heavy (non-hydrogen) atoms. The molecule has 1 N–H and O–H groups in total. The molecule has 0 radical (unpaired) electrons. The van der Waals surface area contributed by atoms with Gasteiger partial charge in [-0.05, 0) is 42.3 Å². The highest BCUT2D eigenvalue weighted by molar-refractivity contribution is 6.30. The largest absolute Gasteiger partial charge is 0.481 e. The molecule has 0 aliphatic carbocycles. The third-order valence-electron chi connectivity index (χ3n) is 3.46. The van der Waals surface area contributed by atoms with Crippen molar-refractivity contribution < 1.29 is 22.7 Å². The van der Waals surface area contributed by atoms with Crippen LogP contribution in [0.5, 0.6) is 5.75 Å². The Kier molecular flexibility index (Phi) is 6.31. The smallest absolute Gasteiger partial charge is 0.416 e. The fourth-order valence-corrected chi connectivity index (χ4v) is 2.37. The van der Waals surface area contributed by atoms with Crippen LogP contribution in [-0.4, -0.2) is 12.0 Å². The maximum absolute atomic E-state index is 12.7. The monoisotopic (exact) mass is 371 g/mol. The van der Waals surface area contributed by atoms with Crippen LogP contribution < -0.4 is 10.1 Å². The lowest BCUT2D eigenvalue weighted by molar-refractivity contribution is -0.137. The fraction of sp³-hybridized carbons (Fsp3) is 0.278. The summed E-state index contributed by atoms with van der Waals surface area (Å²) < 4.78 is 43.7. The minimum absolute atomic E-state index is 0.0157. The van der Waals surface area contributed by atoms with Gasteiger partial charge >= 0.3 is 6.18 Å². The van der Waals surface area contributed by atoms with E-state index in [0.717, 1.165) is 12.1 Å². The van der Waals surface area contributed by atoms with E-state index in [1.54, 1.807) is 31.2 Å². The van der Waals surface area contributed by atoms with Crippen LogP contribution in [0.4, 0.5) is 13.2 Å². The van der Waals surface area contributed by atoms with Gasteiger partial charge in [0.1, 0.15) is 5.75 Å². The number of carbonyl (C=O) groups is 1. The Morgan fingerprint density at radius 2 is 1.92 bits per heavy atom. The van der Waals surface area contributed by atoms with Crippen molar-refractivity contribution in [1.82, 2.24) is 5.32 Å². The quantitative estimate of drug-likeness (QED) is 0.789. The van der Waals surface area contributed by atoms with E-state index in [1.165, 1.54) is 12.1 Å². The predicted molar refractivity (Wildman–Crippen MR) is 89.4 cm³/mol. The highest BCUT2D eigenvalue weighted by Gasteiger charge is 2.30. The summed E-state index contributed by atoms with van der Waals surface area (Å²) >= 11 is 5.87. The van der Waals surface area contributed by atoms with E-state index in [2.05, 4.69) is 5.32 Å². The van der Waals surface area contributed by atoms with E-state index in [9.17, 15) is 18.0 Å². The lowest BCUT2D eigenvalue weighted by atomic mass is 10.1. The molecule has 1 atom stereocenters. The molecule has 2 rings (SSSR count). The summed E-state index contributed by atoms with van der Waals surface area (Å²) in [5.41, 5.74) is -0.387. The molecule has 2 aromatic carbocycles. The zero-order chi connectivity index (χ0) is 18.4. The maximum atomic E-state index is 12.7. The minimum atomic E-state index is -4.42. The van der Waals surface area contributed by atoms with Crippen LogP contribution >= 0.6 is 11.6 Å². The molecule has 0 fully saturated rings. The Hall–Kier alpha value is -2.21. The molecule has 0 heterocycles. The molecule has 0 unspecified atom stereocenters. The third-order valence-corrected chi connectivity index (χ3v) is 3.69. The summed E-state index contributed by atoms with van der Waals surface area (Å²) in [7, 11) is 0. The highest BCUT2D eigenvalue weighted by atomic mass is 35.5. The van der Waals surface area contributed by atoms with Gasteiger partial charge in [0, 0.05) is 11.6 Å². The number of alkyl halides is 3. The van der Waals surface area contributed by atoms with Gasteiger partial charge in [-0.3, -0.25) is 4.79 Å². The van der Waals surface area contributed by atoms with E-state index in [1.807, 2.05) is 0 Å². The first-order valence-electron chi connectivity index (χ1n) is 7.65. The number of nitrogens with one attached hydrogen (secondary N) is 1. The van der Waals surface area contributed by atoms with Gasteiger partial charge in [-0.2, -0.15) is 13.2 Å². The van der Waals surface area contributed by atoms with E-state index < -0.39 is 23.8 Å². The Morgan fingerprint density at radius 1 is 1.20 bits per heavy atom. The van der Waals surface area contributed by atoms with Gasteiger partial charge < -0.3 is 10.1 Å². The molecule has 0 bridgehead atoms. The second kappa shape index (κ2) is 8.25. The van der Waals surface area contributed by atoms with Crippen molar-refractivity contribution in [2.24, 2.45) is 0 Å². The zero-order valence-corrected chi connectivity index (χ0v) is 14.2. The predicted octanol–water partition coefficient (Wildman–Crippen LogP) is 4.83. The fourth-order valence-electron chi connectivity index (χ4n) is 2.19. The Balaban J connectivity index is 1.98. The molecular weight excluding hydrogens is 355 g/mol. The van der Waals surface area contributed by atoms with Crippen LogP contribution in [0, 0.1) is 0 Å². The summed E-state index contributed by atoms with van der Waals surface area (Å²) in [5, 5.41) is 3.08. The molecule has 0 spiro atoms. The van der Waals surface area contributed by atoms with Crippen molar-refractivity contribution in [3.8, 4) is 5.75 Å². The molecular formula is C18H17ClF3NO2. The van der Waals surface area contributed by atoms with Crippen LogP contribution in [0.3, 0.4) is 0 Å². The molecule has 0 aliphatic rings. The van der Waals surface area contributed by atoms with E-state index >= 15 is 0 Å². The van der Waals surface area contributed by atoms with Crippen LogP contribution in [0.25, 0.3) is 0 Å². The normalized spacial score (nSPS) is 12.5. The topological polar surface area (TPSA) is 38.3 Å². The van der Waals surface area contributed by atoms with Gasteiger partial charge in [-0.1, -0.05) is 36.7 Å². The van der Waals surface area contributed by atoms with Gasteiger partial charge in [0.25, 0.3) is 5.91 Å². The van der Waals surface area contributed by atoms with Crippen LogP contribution in [0.2, 0.25) is 5.02 Å². The summed E-state index contributed by atoms with van der Waals surface area (Å²) in [5.74, 6) is 0.0495. The van der Waals surface area contributed by atoms with E-state index in [-0.39, 0.29) is 6.54 Å². The van der Waals surface area contributed by atoms with Gasteiger partial charge in [0.2, 0.25) is 0 Å². The van der Waals surface area contributed by atoms with Crippen molar-refractivity contribution in [2.75, 3.05) is 0 Å². The first-order valence-corrected chi connectivity index (χ1v) is 8.03. The number of benzene rings is 2. The Labute approximate surface area is 148 Å². The van der Waals surface area contributed by atoms with E-state index in [4.69, 9.17) is 16.3 Å². The SMILES string of the molecule is CC[C@@H](Oc1cccc(Cl)c1)C(=O)NCc1cccc(C(F)(F)F)c1. The standard InChI is InChI=1S/C18H17ClF3NO2/c1-2-16(25-15-8-4-7-14(19)10-15)17(24)23-11-12-5-3-6-13(9-12)18(20,21)22/h3-10,16H,2,11H2,1H3,(H,23,24)/t16-/m1/s1. The maximum Gasteiger partial charge on any atom is 0.416 e. The Morgan fingerprint density at radius 3 is 2.56 bits per heavy atom.